The first-order chi connectivity index (χ1) is 9.31. The van der Waals surface area contributed by atoms with E-state index in [2.05, 4.69) is 10.6 Å². The molecule has 19 heavy (non-hydrogen) atoms. The largest absolute Gasteiger partial charge is 0.467 e. The average Bonchev–Trinajstić information content (AvgIpc) is 2.91. The minimum absolute atomic E-state index is 0.109. The summed E-state index contributed by atoms with van der Waals surface area (Å²) in [6, 6.07) is 7.79. The second kappa shape index (κ2) is 5.51. The van der Waals surface area contributed by atoms with Crippen LogP contribution in [0.2, 0.25) is 0 Å². The van der Waals surface area contributed by atoms with E-state index in [0.29, 0.717) is 18.9 Å². The fraction of sp³-hybridized carbons (Fsp3) is 0.533. The van der Waals surface area contributed by atoms with Crippen LogP contribution in [0.1, 0.15) is 32.1 Å². The zero-order chi connectivity index (χ0) is 13.1. The number of ether oxygens (including phenoxy) is 1. The molecule has 0 aromatic heterocycles. The van der Waals surface area contributed by atoms with Crippen molar-refractivity contribution in [3.63, 3.8) is 0 Å². The van der Waals surface area contributed by atoms with E-state index in [4.69, 9.17) is 4.74 Å². The third-order valence-electron chi connectivity index (χ3n) is 3.90. The SMILES string of the molecule is O=C(CC1CCCC1)NC1CNc2ccccc2O1. The van der Waals surface area contributed by atoms with Crippen molar-refractivity contribution in [3.05, 3.63) is 24.3 Å². The Bertz CT molecular complexity index is 455. The van der Waals surface area contributed by atoms with E-state index in [-0.39, 0.29) is 12.1 Å². The van der Waals surface area contributed by atoms with Crippen molar-refractivity contribution in [1.82, 2.24) is 5.32 Å². The van der Waals surface area contributed by atoms with Gasteiger partial charge >= 0.3 is 0 Å². The fourth-order valence-corrected chi connectivity index (χ4v) is 2.91. The summed E-state index contributed by atoms with van der Waals surface area (Å²) in [4.78, 5) is 12.0. The van der Waals surface area contributed by atoms with Gasteiger partial charge in [0.15, 0.2) is 6.23 Å². The van der Waals surface area contributed by atoms with E-state index in [0.717, 1.165) is 11.4 Å². The number of hydrogen-bond acceptors (Lipinski definition) is 3. The molecule has 2 aliphatic rings. The molecule has 1 saturated carbocycles. The lowest BCUT2D eigenvalue weighted by Crippen LogP contribution is -2.46. The molecule has 1 amide bonds. The van der Waals surface area contributed by atoms with E-state index in [1.54, 1.807) is 0 Å². The molecule has 3 rings (SSSR count). The molecule has 102 valence electrons. The first-order valence-electron chi connectivity index (χ1n) is 7.10. The van der Waals surface area contributed by atoms with E-state index in [1.165, 1.54) is 25.7 Å². The van der Waals surface area contributed by atoms with Gasteiger partial charge in [-0.1, -0.05) is 25.0 Å². The maximum absolute atomic E-state index is 12.0. The number of fused-ring (bicyclic) bond motifs is 1. The lowest BCUT2D eigenvalue weighted by atomic mass is 10.0. The molecule has 2 N–H and O–H groups in total. The van der Waals surface area contributed by atoms with Crippen LogP contribution >= 0.6 is 0 Å². The van der Waals surface area contributed by atoms with Gasteiger partial charge < -0.3 is 15.4 Å². The highest BCUT2D eigenvalue weighted by Crippen LogP contribution is 2.29. The van der Waals surface area contributed by atoms with Crippen molar-refractivity contribution in [3.8, 4) is 5.75 Å². The zero-order valence-electron chi connectivity index (χ0n) is 11.0. The van der Waals surface area contributed by atoms with Gasteiger partial charge in [0.25, 0.3) is 0 Å². The van der Waals surface area contributed by atoms with Gasteiger partial charge in [0.2, 0.25) is 5.91 Å². The quantitative estimate of drug-likeness (QED) is 0.878. The summed E-state index contributed by atoms with van der Waals surface area (Å²) in [6.07, 6.45) is 5.31. The maximum Gasteiger partial charge on any atom is 0.223 e. The molecule has 4 nitrogen and oxygen atoms in total. The number of amides is 1. The molecule has 1 aliphatic heterocycles. The molecule has 0 spiro atoms. The Kier molecular flexibility index (Phi) is 3.58. The molecule has 1 aliphatic carbocycles. The molecule has 1 heterocycles. The predicted molar refractivity (Wildman–Crippen MR) is 74.1 cm³/mol. The van der Waals surface area contributed by atoms with E-state index < -0.39 is 0 Å². The summed E-state index contributed by atoms with van der Waals surface area (Å²) in [7, 11) is 0. The number of carbonyl (C=O) groups excluding carboxylic acids is 1. The van der Waals surface area contributed by atoms with Crippen LogP contribution in [0.15, 0.2) is 24.3 Å². The summed E-state index contributed by atoms with van der Waals surface area (Å²) in [5, 5.41) is 6.23. The number of anilines is 1. The summed E-state index contributed by atoms with van der Waals surface area (Å²) < 4.78 is 5.77. The van der Waals surface area contributed by atoms with Gasteiger partial charge in [0.05, 0.1) is 12.2 Å². The second-order valence-electron chi connectivity index (χ2n) is 5.41. The van der Waals surface area contributed by atoms with E-state index >= 15 is 0 Å². The van der Waals surface area contributed by atoms with Crippen LogP contribution in [0.5, 0.6) is 5.75 Å². The summed E-state index contributed by atoms with van der Waals surface area (Å²) in [5.41, 5.74) is 0.990. The van der Waals surface area contributed by atoms with Gasteiger partial charge in [0.1, 0.15) is 5.75 Å². The van der Waals surface area contributed by atoms with Gasteiger partial charge in [-0.25, -0.2) is 0 Å². The summed E-state index contributed by atoms with van der Waals surface area (Å²) >= 11 is 0. The smallest absolute Gasteiger partial charge is 0.223 e. The van der Waals surface area contributed by atoms with Gasteiger partial charge in [-0.05, 0) is 30.9 Å². The van der Waals surface area contributed by atoms with Crippen molar-refractivity contribution in [2.45, 2.75) is 38.3 Å². The van der Waals surface area contributed by atoms with E-state index in [1.807, 2.05) is 24.3 Å². The van der Waals surface area contributed by atoms with Gasteiger partial charge in [-0.15, -0.1) is 0 Å². The highest BCUT2D eigenvalue weighted by Gasteiger charge is 2.23. The number of benzene rings is 1. The average molecular weight is 260 g/mol. The fourth-order valence-electron chi connectivity index (χ4n) is 2.91. The summed E-state index contributed by atoms with van der Waals surface area (Å²) in [5.74, 6) is 1.49. The third kappa shape index (κ3) is 3.00. The van der Waals surface area contributed by atoms with Crippen LogP contribution in [-0.4, -0.2) is 18.7 Å². The standard InChI is InChI=1S/C15H20N2O2/c18-14(9-11-5-1-2-6-11)17-15-10-16-12-7-3-4-8-13(12)19-15/h3-4,7-8,11,15-16H,1-2,5-6,9-10H2,(H,17,18). The lowest BCUT2D eigenvalue weighted by molar-refractivity contribution is -0.124. The Morgan fingerprint density at radius 3 is 2.95 bits per heavy atom. The normalized spacial score (nSPS) is 22.2. The van der Waals surface area contributed by atoms with Crippen molar-refractivity contribution in [2.75, 3.05) is 11.9 Å². The minimum Gasteiger partial charge on any atom is -0.467 e. The topological polar surface area (TPSA) is 50.4 Å². The molecule has 0 radical (unpaired) electrons. The molecule has 1 fully saturated rings. The predicted octanol–water partition coefficient (Wildman–Crippen LogP) is 2.51. The monoisotopic (exact) mass is 260 g/mol. The van der Waals surface area contributed by atoms with E-state index in [9.17, 15) is 4.79 Å². The molecule has 1 aromatic rings. The zero-order valence-corrected chi connectivity index (χ0v) is 11.0. The molecule has 1 aromatic carbocycles. The van der Waals surface area contributed by atoms with Crippen LogP contribution in [-0.2, 0) is 4.79 Å². The number of rotatable bonds is 3. The number of nitrogens with one attached hydrogen (secondary N) is 2. The molecular weight excluding hydrogens is 240 g/mol. The maximum atomic E-state index is 12.0. The van der Waals surface area contributed by atoms with Crippen molar-refractivity contribution < 1.29 is 9.53 Å². The van der Waals surface area contributed by atoms with Crippen LogP contribution in [0.25, 0.3) is 0 Å². The second-order valence-corrected chi connectivity index (χ2v) is 5.41. The molecule has 0 bridgehead atoms. The van der Waals surface area contributed by atoms with Gasteiger partial charge in [-0.3, -0.25) is 4.79 Å². The van der Waals surface area contributed by atoms with Crippen LogP contribution in [0, 0.1) is 5.92 Å². The summed E-state index contributed by atoms with van der Waals surface area (Å²) in [6.45, 7) is 0.618. The first-order valence-corrected chi connectivity index (χ1v) is 7.10. The first kappa shape index (κ1) is 12.3. The molecular formula is C15H20N2O2. The lowest BCUT2D eigenvalue weighted by Gasteiger charge is -2.28. The minimum atomic E-state index is -0.260. The Labute approximate surface area is 113 Å². The Morgan fingerprint density at radius 1 is 1.32 bits per heavy atom. The Balaban J connectivity index is 1.52. The number of hydrogen-bond donors (Lipinski definition) is 2. The molecule has 0 saturated heterocycles. The Morgan fingerprint density at radius 2 is 2.11 bits per heavy atom. The third-order valence-corrected chi connectivity index (χ3v) is 3.90. The highest BCUT2D eigenvalue weighted by molar-refractivity contribution is 5.76. The molecule has 1 unspecified atom stereocenters. The van der Waals surface area contributed by atoms with Crippen molar-refractivity contribution in [1.29, 1.82) is 0 Å². The van der Waals surface area contributed by atoms with Crippen LogP contribution in [0.3, 0.4) is 0 Å². The van der Waals surface area contributed by atoms with Crippen LogP contribution in [0.4, 0.5) is 5.69 Å². The van der Waals surface area contributed by atoms with Crippen molar-refractivity contribution in [2.24, 2.45) is 5.92 Å². The van der Waals surface area contributed by atoms with Crippen molar-refractivity contribution >= 4 is 11.6 Å². The van der Waals surface area contributed by atoms with Gasteiger partial charge in [0, 0.05) is 6.42 Å². The molecule has 1 atom stereocenters. The highest BCUT2D eigenvalue weighted by atomic mass is 16.5. The number of carbonyl (C=O) groups is 1. The Hall–Kier alpha value is -1.71. The number of para-hydroxylation sites is 2. The van der Waals surface area contributed by atoms with Crippen LogP contribution < -0.4 is 15.4 Å². The molecule has 4 heteroatoms. The van der Waals surface area contributed by atoms with Gasteiger partial charge in [-0.2, -0.15) is 0 Å².